The van der Waals surface area contributed by atoms with Crippen molar-refractivity contribution in [1.82, 2.24) is 4.98 Å². The molecular weight excluding hydrogens is 337 g/mol. The van der Waals surface area contributed by atoms with Gasteiger partial charge in [0.2, 0.25) is 0 Å². The van der Waals surface area contributed by atoms with Gasteiger partial charge in [0.15, 0.2) is 0 Å². The second kappa shape index (κ2) is 3.83. The molecule has 1 nitrogen and oxygen atoms in total. The maximum Gasteiger partial charge on any atom is 0.433 e. The van der Waals surface area contributed by atoms with Crippen LogP contribution in [0.4, 0.5) is 17.6 Å². The van der Waals surface area contributed by atoms with E-state index in [2.05, 4.69) is 4.98 Å². The van der Waals surface area contributed by atoms with E-state index < -0.39 is 17.7 Å². The van der Waals surface area contributed by atoms with Gasteiger partial charge < -0.3 is 0 Å². The zero-order chi connectivity index (χ0) is 11.9. The van der Waals surface area contributed by atoms with E-state index in [1.807, 2.05) is 0 Å². The molecule has 16 heavy (non-hydrogen) atoms. The number of hydrogen-bond donors (Lipinski definition) is 0. The fraction of sp³-hybridized carbons (Fsp3) is 0.100. The zero-order valence-electron chi connectivity index (χ0n) is 7.65. The van der Waals surface area contributed by atoms with Gasteiger partial charge in [-0.1, -0.05) is 0 Å². The quantitative estimate of drug-likeness (QED) is 0.522. The molecule has 0 saturated heterocycles. The number of pyridine rings is 1. The van der Waals surface area contributed by atoms with Crippen molar-refractivity contribution in [2.24, 2.45) is 0 Å². The number of rotatable bonds is 0. The Morgan fingerprint density at radius 2 is 1.81 bits per heavy atom. The summed E-state index contributed by atoms with van der Waals surface area (Å²) in [6, 6.07) is 4.40. The van der Waals surface area contributed by atoms with E-state index >= 15 is 0 Å². The molecule has 6 heteroatoms. The molecule has 1 aromatic heterocycles. The molecule has 0 amide bonds. The van der Waals surface area contributed by atoms with Crippen molar-refractivity contribution in [3.63, 3.8) is 0 Å². The number of fused-ring (bicyclic) bond motifs is 1. The van der Waals surface area contributed by atoms with E-state index in [-0.39, 0.29) is 5.52 Å². The van der Waals surface area contributed by atoms with Gasteiger partial charge in [-0.05, 0) is 46.9 Å². The van der Waals surface area contributed by atoms with Gasteiger partial charge in [0.05, 0.1) is 5.52 Å². The molecule has 0 bridgehead atoms. The average Bonchev–Trinajstić information content (AvgIpc) is 2.17. The largest absolute Gasteiger partial charge is 0.433 e. The molecule has 0 aliphatic rings. The lowest BCUT2D eigenvalue weighted by atomic mass is 10.2. The standard InChI is InChI=1S/C10H4F4IN/c11-5-1-2-8-6(3-5)7(15)4-9(16-8)10(12,13)14/h1-4H. The van der Waals surface area contributed by atoms with Gasteiger partial charge in [-0.3, -0.25) is 0 Å². The summed E-state index contributed by atoms with van der Waals surface area (Å²) in [6.45, 7) is 0. The van der Waals surface area contributed by atoms with Crippen molar-refractivity contribution in [3.05, 3.63) is 39.3 Å². The second-order valence-electron chi connectivity index (χ2n) is 3.15. The molecule has 1 heterocycles. The highest BCUT2D eigenvalue weighted by molar-refractivity contribution is 14.1. The molecule has 0 aliphatic heterocycles. The monoisotopic (exact) mass is 341 g/mol. The summed E-state index contributed by atoms with van der Waals surface area (Å²) in [5, 5.41) is 0.383. The summed E-state index contributed by atoms with van der Waals surface area (Å²) >= 11 is 1.73. The Morgan fingerprint density at radius 3 is 2.44 bits per heavy atom. The van der Waals surface area contributed by atoms with Crippen LogP contribution in [0, 0.1) is 9.39 Å². The number of alkyl halides is 3. The summed E-state index contributed by atoms with van der Waals surface area (Å²) in [5.41, 5.74) is -0.823. The summed E-state index contributed by atoms with van der Waals surface area (Å²) in [6.07, 6.45) is -4.48. The fourth-order valence-corrected chi connectivity index (χ4v) is 2.03. The van der Waals surface area contributed by atoms with Gasteiger partial charge in [0.1, 0.15) is 11.5 Å². The molecule has 0 N–H and O–H groups in total. The Hall–Kier alpha value is -0.920. The van der Waals surface area contributed by atoms with Gasteiger partial charge in [-0.2, -0.15) is 13.2 Å². The molecule has 0 fully saturated rings. The van der Waals surface area contributed by atoms with Gasteiger partial charge in [-0.15, -0.1) is 0 Å². The number of hydrogen-bond acceptors (Lipinski definition) is 1. The molecular formula is C10H4F4IN. The Labute approximate surface area is 102 Å². The van der Waals surface area contributed by atoms with Crippen molar-refractivity contribution in [2.45, 2.75) is 6.18 Å². The van der Waals surface area contributed by atoms with E-state index in [0.717, 1.165) is 12.1 Å². The van der Waals surface area contributed by atoms with Crippen molar-refractivity contribution in [1.29, 1.82) is 0 Å². The fourth-order valence-electron chi connectivity index (χ4n) is 1.30. The highest BCUT2D eigenvalue weighted by Crippen LogP contribution is 2.31. The van der Waals surface area contributed by atoms with Crippen LogP contribution in [0.3, 0.4) is 0 Å². The molecule has 0 radical (unpaired) electrons. The SMILES string of the molecule is Fc1ccc2nc(C(F)(F)F)cc(I)c2c1. The third-order valence-electron chi connectivity index (χ3n) is 2.01. The molecule has 2 aromatic rings. The topological polar surface area (TPSA) is 12.9 Å². The predicted octanol–water partition coefficient (Wildman–Crippen LogP) is 4.00. The molecule has 0 spiro atoms. The van der Waals surface area contributed by atoms with Crippen molar-refractivity contribution in [3.8, 4) is 0 Å². The van der Waals surface area contributed by atoms with Crippen LogP contribution in [0.15, 0.2) is 24.3 Å². The molecule has 0 unspecified atom stereocenters. The third-order valence-corrected chi connectivity index (χ3v) is 2.90. The first-order valence-corrected chi connectivity index (χ1v) is 5.29. The Kier molecular flexibility index (Phi) is 2.77. The van der Waals surface area contributed by atoms with Gasteiger partial charge in [-0.25, -0.2) is 9.37 Å². The van der Waals surface area contributed by atoms with Crippen LogP contribution in [0.1, 0.15) is 5.69 Å². The van der Waals surface area contributed by atoms with E-state index in [4.69, 9.17) is 0 Å². The van der Waals surface area contributed by atoms with Crippen LogP contribution in [-0.2, 0) is 6.18 Å². The van der Waals surface area contributed by atoms with E-state index in [0.29, 0.717) is 8.96 Å². The molecule has 0 saturated carbocycles. The van der Waals surface area contributed by atoms with Crippen molar-refractivity contribution >= 4 is 33.5 Å². The molecule has 1 aromatic carbocycles. The maximum atomic E-state index is 12.9. The summed E-state index contributed by atoms with van der Waals surface area (Å²) in [4.78, 5) is 3.45. The highest BCUT2D eigenvalue weighted by Gasteiger charge is 2.33. The Balaban J connectivity index is 2.74. The maximum absolute atomic E-state index is 12.9. The van der Waals surface area contributed by atoms with E-state index in [1.54, 1.807) is 22.6 Å². The summed E-state index contributed by atoms with van der Waals surface area (Å²) < 4.78 is 50.5. The number of halogens is 5. The first-order chi connectivity index (χ1) is 7.38. The minimum Gasteiger partial charge on any atom is -0.243 e. The second-order valence-corrected chi connectivity index (χ2v) is 4.31. The smallest absolute Gasteiger partial charge is 0.243 e. The lowest BCUT2D eigenvalue weighted by molar-refractivity contribution is -0.141. The summed E-state index contributed by atoms with van der Waals surface area (Å²) in [5.74, 6) is -0.494. The molecule has 0 aliphatic carbocycles. The predicted molar refractivity (Wildman–Crippen MR) is 59.4 cm³/mol. The normalized spacial score (nSPS) is 12.1. The Bertz CT molecular complexity index is 550. The van der Waals surface area contributed by atoms with Crippen LogP contribution in [0.5, 0.6) is 0 Å². The van der Waals surface area contributed by atoms with Crippen LogP contribution >= 0.6 is 22.6 Å². The number of nitrogens with zero attached hydrogens (tertiary/aromatic N) is 1. The first-order valence-electron chi connectivity index (χ1n) is 4.21. The van der Waals surface area contributed by atoms with Crippen molar-refractivity contribution in [2.75, 3.05) is 0 Å². The van der Waals surface area contributed by atoms with Gasteiger partial charge >= 0.3 is 6.18 Å². The highest BCUT2D eigenvalue weighted by atomic mass is 127. The third kappa shape index (κ3) is 2.11. The average molecular weight is 341 g/mol. The minimum atomic E-state index is -4.48. The van der Waals surface area contributed by atoms with Gasteiger partial charge in [0.25, 0.3) is 0 Å². The van der Waals surface area contributed by atoms with Crippen molar-refractivity contribution < 1.29 is 17.6 Å². The summed E-state index contributed by atoms with van der Waals surface area (Å²) in [7, 11) is 0. The molecule has 0 atom stereocenters. The minimum absolute atomic E-state index is 0.139. The molecule has 2 rings (SSSR count). The number of benzene rings is 1. The number of aromatic nitrogens is 1. The molecule has 84 valence electrons. The lowest BCUT2D eigenvalue weighted by Crippen LogP contribution is -2.08. The van der Waals surface area contributed by atoms with E-state index in [9.17, 15) is 17.6 Å². The van der Waals surface area contributed by atoms with E-state index in [1.165, 1.54) is 12.1 Å². The lowest BCUT2D eigenvalue weighted by Gasteiger charge is -2.08. The van der Waals surface area contributed by atoms with Crippen LogP contribution in [-0.4, -0.2) is 4.98 Å². The van der Waals surface area contributed by atoms with Crippen LogP contribution < -0.4 is 0 Å². The zero-order valence-corrected chi connectivity index (χ0v) is 9.80. The van der Waals surface area contributed by atoms with Crippen LogP contribution in [0.25, 0.3) is 10.9 Å². The Morgan fingerprint density at radius 1 is 1.12 bits per heavy atom. The first kappa shape index (κ1) is 11.6. The van der Waals surface area contributed by atoms with Crippen LogP contribution in [0.2, 0.25) is 0 Å². The van der Waals surface area contributed by atoms with Gasteiger partial charge in [0, 0.05) is 8.96 Å².